The number of hydrogen-bond acceptors (Lipinski definition) is 3. The van der Waals surface area contributed by atoms with E-state index in [0.29, 0.717) is 10.9 Å². The highest BCUT2D eigenvalue weighted by molar-refractivity contribution is 6.30. The second-order valence-corrected chi connectivity index (χ2v) is 6.77. The van der Waals surface area contributed by atoms with E-state index < -0.39 is 0 Å². The van der Waals surface area contributed by atoms with E-state index in [1.165, 1.54) is 0 Å². The number of benzene rings is 4. The lowest BCUT2D eigenvalue weighted by Crippen LogP contribution is -1.91. The van der Waals surface area contributed by atoms with E-state index in [1.54, 1.807) is 0 Å². The number of nitrogens with one attached hydrogen (secondary N) is 1. The number of rotatable bonds is 3. The van der Waals surface area contributed by atoms with Gasteiger partial charge in [-0.2, -0.15) is 0 Å². The van der Waals surface area contributed by atoms with Crippen LogP contribution in [-0.4, -0.2) is 4.98 Å². The lowest BCUT2D eigenvalue weighted by Gasteiger charge is -2.10. The highest BCUT2D eigenvalue weighted by Gasteiger charge is 2.14. The Morgan fingerprint density at radius 2 is 1.48 bits per heavy atom. The molecule has 3 nitrogen and oxygen atoms in total. The fourth-order valence-electron chi connectivity index (χ4n) is 3.25. The lowest BCUT2D eigenvalue weighted by atomic mass is 10.1. The molecule has 5 rings (SSSR count). The van der Waals surface area contributed by atoms with Crippen molar-refractivity contribution in [3.8, 4) is 11.5 Å². The molecule has 0 amide bonds. The summed E-state index contributed by atoms with van der Waals surface area (Å²) in [6, 6.07) is 27.8. The fourth-order valence-corrected chi connectivity index (χ4v) is 3.38. The van der Waals surface area contributed by atoms with Crippen molar-refractivity contribution >= 4 is 44.8 Å². The molecule has 1 heterocycles. The number of fused-ring (bicyclic) bond motifs is 3. The molecule has 5 aromatic rings. The number of anilines is 2. The zero-order chi connectivity index (χ0) is 18.2. The number of halogens is 1. The first kappa shape index (κ1) is 15.9. The highest BCUT2D eigenvalue weighted by Crippen LogP contribution is 2.35. The average molecular weight is 371 g/mol. The summed E-state index contributed by atoms with van der Waals surface area (Å²) in [5.74, 6) is 0.624. The Morgan fingerprint density at radius 1 is 0.778 bits per heavy atom. The Kier molecular flexibility index (Phi) is 3.80. The van der Waals surface area contributed by atoms with Crippen molar-refractivity contribution in [3.05, 3.63) is 90.0 Å². The largest absolute Gasteiger partial charge is 0.436 e. The summed E-state index contributed by atoms with van der Waals surface area (Å²) in [7, 11) is 0. The van der Waals surface area contributed by atoms with Gasteiger partial charge in [0.1, 0.15) is 5.52 Å². The monoisotopic (exact) mass is 370 g/mol. The van der Waals surface area contributed by atoms with Crippen LogP contribution in [0.25, 0.3) is 33.3 Å². The molecule has 4 aromatic carbocycles. The lowest BCUT2D eigenvalue weighted by molar-refractivity contribution is 0.620. The van der Waals surface area contributed by atoms with Crippen molar-refractivity contribution in [1.29, 1.82) is 0 Å². The molecule has 130 valence electrons. The van der Waals surface area contributed by atoms with E-state index in [9.17, 15) is 0 Å². The normalized spacial score (nSPS) is 11.1. The summed E-state index contributed by atoms with van der Waals surface area (Å²) in [5, 5.41) is 6.32. The van der Waals surface area contributed by atoms with Crippen LogP contribution in [-0.2, 0) is 0 Å². The molecule has 27 heavy (non-hydrogen) atoms. The summed E-state index contributed by atoms with van der Waals surface area (Å²) in [5.41, 5.74) is 4.52. The third kappa shape index (κ3) is 2.92. The van der Waals surface area contributed by atoms with Gasteiger partial charge in [0, 0.05) is 33.1 Å². The van der Waals surface area contributed by atoms with Crippen LogP contribution >= 0.6 is 11.6 Å². The molecule has 0 radical (unpaired) electrons. The van der Waals surface area contributed by atoms with Crippen molar-refractivity contribution in [1.82, 2.24) is 4.98 Å². The Labute approximate surface area is 161 Å². The van der Waals surface area contributed by atoms with Gasteiger partial charge < -0.3 is 9.73 Å². The number of aromatic nitrogens is 1. The molecule has 0 aliphatic heterocycles. The summed E-state index contributed by atoms with van der Waals surface area (Å²) >= 11 is 6.00. The minimum atomic E-state index is 0.624. The highest BCUT2D eigenvalue weighted by atomic mass is 35.5. The molecule has 0 bridgehead atoms. The van der Waals surface area contributed by atoms with Crippen molar-refractivity contribution in [2.45, 2.75) is 0 Å². The molecule has 0 atom stereocenters. The molecule has 4 heteroatoms. The second-order valence-electron chi connectivity index (χ2n) is 6.33. The first-order valence-corrected chi connectivity index (χ1v) is 9.06. The maximum atomic E-state index is 6.09. The van der Waals surface area contributed by atoms with Gasteiger partial charge in [0.25, 0.3) is 0 Å². The predicted octanol–water partition coefficient (Wildman–Crippen LogP) is 7.05. The topological polar surface area (TPSA) is 38.1 Å². The van der Waals surface area contributed by atoms with Gasteiger partial charge in [-0.25, -0.2) is 4.98 Å². The van der Waals surface area contributed by atoms with Crippen LogP contribution in [0.5, 0.6) is 0 Å². The molecule has 0 unspecified atom stereocenters. The third-order valence-corrected chi connectivity index (χ3v) is 4.80. The molecule has 0 aliphatic rings. The van der Waals surface area contributed by atoms with Crippen molar-refractivity contribution in [2.75, 3.05) is 5.32 Å². The summed E-state index contributed by atoms with van der Waals surface area (Å²) in [4.78, 5) is 4.76. The zero-order valence-electron chi connectivity index (χ0n) is 14.3. The molecular weight excluding hydrogens is 356 g/mol. The fraction of sp³-hybridized carbons (Fsp3) is 0. The number of nitrogens with zero attached hydrogens (tertiary/aromatic N) is 1. The Balaban J connectivity index is 1.69. The van der Waals surface area contributed by atoms with Gasteiger partial charge in [-0.3, -0.25) is 0 Å². The van der Waals surface area contributed by atoms with Crippen LogP contribution in [0.2, 0.25) is 5.02 Å². The second kappa shape index (κ2) is 6.45. The van der Waals surface area contributed by atoms with Crippen molar-refractivity contribution < 1.29 is 4.42 Å². The SMILES string of the molecule is Clc1ccc(Nc2cc3oc(-c4ccccc4)nc3c3ccccc23)cc1. The molecular formula is C23H15ClN2O. The van der Waals surface area contributed by atoms with Crippen molar-refractivity contribution in [2.24, 2.45) is 0 Å². The van der Waals surface area contributed by atoms with Gasteiger partial charge in [-0.15, -0.1) is 0 Å². The van der Waals surface area contributed by atoms with E-state index in [2.05, 4.69) is 17.4 Å². The van der Waals surface area contributed by atoms with E-state index in [1.807, 2.05) is 72.8 Å². The van der Waals surface area contributed by atoms with E-state index >= 15 is 0 Å². The Bertz CT molecular complexity index is 1240. The first-order valence-electron chi connectivity index (χ1n) is 8.68. The smallest absolute Gasteiger partial charge is 0.227 e. The van der Waals surface area contributed by atoms with E-state index in [4.69, 9.17) is 21.0 Å². The predicted molar refractivity (Wildman–Crippen MR) is 112 cm³/mol. The van der Waals surface area contributed by atoms with Crippen LogP contribution in [0, 0.1) is 0 Å². The first-order chi connectivity index (χ1) is 13.3. The maximum Gasteiger partial charge on any atom is 0.227 e. The average Bonchev–Trinajstić information content (AvgIpc) is 3.15. The van der Waals surface area contributed by atoms with Gasteiger partial charge >= 0.3 is 0 Å². The Hall–Kier alpha value is -3.30. The quantitative estimate of drug-likeness (QED) is 0.370. The van der Waals surface area contributed by atoms with Gasteiger partial charge in [0.15, 0.2) is 5.58 Å². The standard InChI is InChI=1S/C23H15ClN2O/c24-16-10-12-17(13-11-16)25-20-14-21-22(19-9-5-4-8-18(19)20)26-23(27-21)15-6-2-1-3-7-15/h1-14,25H. The summed E-state index contributed by atoms with van der Waals surface area (Å²) in [6.07, 6.45) is 0. The van der Waals surface area contributed by atoms with Crippen LogP contribution in [0.4, 0.5) is 11.4 Å². The maximum absolute atomic E-state index is 6.09. The van der Waals surface area contributed by atoms with Gasteiger partial charge in [-0.05, 0) is 36.4 Å². The van der Waals surface area contributed by atoms with Gasteiger partial charge in [0.05, 0.1) is 5.69 Å². The molecule has 1 aromatic heterocycles. The minimum Gasteiger partial charge on any atom is -0.436 e. The molecule has 0 saturated carbocycles. The molecule has 0 fully saturated rings. The molecule has 0 spiro atoms. The van der Waals surface area contributed by atoms with Crippen LogP contribution in [0.15, 0.2) is 89.3 Å². The van der Waals surface area contributed by atoms with Gasteiger partial charge in [0.2, 0.25) is 5.89 Å². The van der Waals surface area contributed by atoms with Crippen LogP contribution in [0.3, 0.4) is 0 Å². The molecule has 1 N–H and O–H groups in total. The van der Waals surface area contributed by atoms with Crippen LogP contribution in [0.1, 0.15) is 0 Å². The summed E-state index contributed by atoms with van der Waals surface area (Å²) in [6.45, 7) is 0. The minimum absolute atomic E-state index is 0.624. The van der Waals surface area contributed by atoms with Crippen molar-refractivity contribution in [3.63, 3.8) is 0 Å². The summed E-state index contributed by atoms with van der Waals surface area (Å²) < 4.78 is 6.09. The third-order valence-electron chi connectivity index (χ3n) is 4.55. The zero-order valence-corrected chi connectivity index (χ0v) is 15.1. The Morgan fingerprint density at radius 3 is 2.26 bits per heavy atom. The number of hydrogen-bond donors (Lipinski definition) is 1. The van der Waals surface area contributed by atoms with Crippen LogP contribution < -0.4 is 5.32 Å². The molecule has 0 saturated heterocycles. The van der Waals surface area contributed by atoms with E-state index in [-0.39, 0.29) is 0 Å². The van der Waals surface area contributed by atoms with Gasteiger partial charge in [-0.1, -0.05) is 54.1 Å². The molecule has 0 aliphatic carbocycles. The van der Waals surface area contributed by atoms with E-state index in [0.717, 1.165) is 38.8 Å². The number of oxazole rings is 1.